The minimum absolute atomic E-state index is 0.0278. The SMILES string of the molecule is Cc1nsc(C(=O)O)c1NC(=O)C(F)(F)F. The molecule has 1 amide bonds. The summed E-state index contributed by atoms with van der Waals surface area (Å²) in [6.45, 7) is 1.30. The van der Waals surface area contributed by atoms with Gasteiger partial charge in [-0.3, -0.25) is 4.79 Å². The van der Waals surface area contributed by atoms with Gasteiger partial charge in [0, 0.05) is 0 Å². The van der Waals surface area contributed by atoms with E-state index in [0.29, 0.717) is 11.5 Å². The van der Waals surface area contributed by atoms with Crippen LogP contribution in [0.4, 0.5) is 18.9 Å². The lowest BCUT2D eigenvalue weighted by Crippen LogP contribution is -2.30. The van der Waals surface area contributed by atoms with Crippen LogP contribution in [-0.4, -0.2) is 27.5 Å². The molecule has 88 valence electrons. The van der Waals surface area contributed by atoms with Gasteiger partial charge in [-0.1, -0.05) is 0 Å². The summed E-state index contributed by atoms with van der Waals surface area (Å²) < 4.78 is 39.3. The van der Waals surface area contributed by atoms with Crippen molar-refractivity contribution in [3.8, 4) is 0 Å². The van der Waals surface area contributed by atoms with Crippen LogP contribution in [0.2, 0.25) is 0 Å². The van der Waals surface area contributed by atoms with Gasteiger partial charge in [0.25, 0.3) is 0 Å². The first kappa shape index (κ1) is 12.4. The average Bonchev–Trinajstić information content (AvgIpc) is 2.46. The van der Waals surface area contributed by atoms with Crippen molar-refractivity contribution in [2.24, 2.45) is 0 Å². The Morgan fingerprint density at radius 3 is 2.44 bits per heavy atom. The summed E-state index contributed by atoms with van der Waals surface area (Å²) in [5, 5.41) is 10.1. The van der Waals surface area contributed by atoms with E-state index in [0.717, 1.165) is 0 Å². The van der Waals surface area contributed by atoms with E-state index in [1.807, 2.05) is 0 Å². The van der Waals surface area contributed by atoms with E-state index >= 15 is 0 Å². The molecule has 0 saturated heterocycles. The normalized spacial score (nSPS) is 11.2. The van der Waals surface area contributed by atoms with E-state index in [-0.39, 0.29) is 5.69 Å². The maximum atomic E-state index is 11.9. The van der Waals surface area contributed by atoms with E-state index in [2.05, 4.69) is 4.37 Å². The number of nitrogens with one attached hydrogen (secondary N) is 1. The van der Waals surface area contributed by atoms with Gasteiger partial charge in [-0.2, -0.15) is 17.5 Å². The predicted molar refractivity (Wildman–Crippen MR) is 48.5 cm³/mol. The maximum Gasteiger partial charge on any atom is 0.471 e. The Bertz CT molecular complexity index is 441. The third-order valence-electron chi connectivity index (χ3n) is 1.55. The summed E-state index contributed by atoms with van der Waals surface area (Å²) in [4.78, 5) is 20.8. The molecule has 0 unspecified atom stereocenters. The molecule has 1 rings (SSSR count). The lowest BCUT2D eigenvalue weighted by atomic mass is 10.3. The molecule has 0 spiro atoms. The number of amides is 1. The first-order chi connectivity index (χ1) is 7.23. The van der Waals surface area contributed by atoms with Crippen molar-refractivity contribution in [3.05, 3.63) is 10.6 Å². The highest BCUT2D eigenvalue weighted by molar-refractivity contribution is 7.08. The van der Waals surface area contributed by atoms with Crippen LogP contribution in [0.5, 0.6) is 0 Å². The molecule has 0 bridgehead atoms. The Kier molecular flexibility index (Phi) is 3.17. The number of aryl methyl sites for hydroxylation is 1. The second-order valence-electron chi connectivity index (χ2n) is 2.73. The molecule has 0 aliphatic carbocycles. The van der Waals surface area contributed by atoms with E-state index in [1.54, 1.807) is 0 Å². The summed E-state index contributed by atoms with van der Waals surface area (Å²) in [5.41, 5.74) is -0.389. The average molecular weight is 254 g/mol. The van der Waals surface area contributed by atoms with Gasteiger partial charge >= 0.3 is 18.1 Å². The van der Waals surface area contributed by atoms with Crippen LogP contribution in [0.1, 0.15) is 15.4 Å². The smallest absolute Gasteiger partial charge is 0.471 e. The molecule has 9 heteroatoms. The zero-order valence-electron chi connectivity index (χ0n) is 7.75. The molecule has 1 aromatic heterocycles. The molecule has 0 aromatic carbocycles. The number of aromatic carboxylic acids is 1. The number of alkyl halides is 3. The summed E-state index contributed by atoms with van der Waals surface area (Å²) in [7, 11) is 0. The second kappa shape index (κ2) is 4.08. The van der Waals surface area contributed by atoms with E-state index in [9.17, 15) is 22.8 Å². The molecular weight excluding hydrogens is 249 g/mol. The van der Waals surface area contributed by atoms with Crippen LogP contribution in [0.15, 0.2) is 0 Å². The quantitative estimate of drug-likeness (QED) is 0.841. The van der Waals surface area contributed by atoms with E-state index in [1.165, 1.54) is 12.2 Å². The van der Waals surface area contributed by atoms with Gasteiger partial charge in [0.05, 0.1) is 11.4 Å². The first-order valence-electron chi connectivity index (χ1n) is 3.81. The van der Waals surface area contributed by atoms with Gasteiger partial charge in [0.1, 0.15) is 0 Å². The van der Waals surface area contributed by atoms with Crippen molar-refractivity contribution >= 4 is 29.1 Å². The van der Waals surface area contributed by atoms with Gasteiger partial charge in [-0.05, 0) is 18.5 Å². The maximum absolute atomic E-state index is 11.9. The molecular formula is C7H5F3N2O3S. The Balaban J connectivity index is 3.02. The van der Waals surface area contributed by atoms with E-state index < -0.39 is 28.6 Å². The monoisotopic (exact) mass is 254 g/mol. The minimum Gasteiger partial charge on any atom is -0.477 e. The summed E-state index contributed by atoms with van der Waals surface area (Å²) in [6.07, 6.45) is -5.07. The number of hydrogen-bond acceptors (Lipinski definition) is 4. The fraction of sp³-hybridized carbons (Fsp3) is 0.286. The summed E-state index contributed by atoms with van der Waals surface area (Å²) >= 11 is 0.505. The van der Waals surface area contributed by atoms with Crippen molar-refractivity contribution < 1.29 is 27.9 Å². The van der Waals surface area contributed by atoms with Crippen molar-refractivity contribution in [3.63, 3.8) is 0 Å². The number of halogens is 3. The third kappa shape index (κ3) is 2.48. The van der Waals surface area contributed by atoms with Crippen molar-refractivity contribution in [1.29, 1.82) is 0 Å². The highest BCUT2D eigenvalue weighted by Gasteiger charge is 2.39. The van der Waals surface area contributed by atoms with Gasteiger partial charge in [0.15, 0.2) is 4.88 Å². The highest BCUT2D eigenvalue weighted by atomic mass is 32.1. The van der Waals surface area contributed by atoms with Gasteiger partial charge in [-0.25, -0.2) is 4.79 Å². The van der Waals surface area contributed by atoms with Crippen LogP contribution in [0.25, 0.3) is 0 Å². The number of hydrogen-bond donors (Lipinski definition) is 2. The van der Waals surface area contributed by atoms with Crippen molar-refractivity contribution in [2.75, 3.05) is 5.32 Å². The summed E-state index contributed by atoms with van der Waals surface area (Å²) in [6, 6.07) is 0. The molecule has 0 saturated carbocycles. The fourth-order valence-electron chi connectivity index (χ4n) is 0.847. The molecule has 0 aliphatic rings. The summed E-state index contributed by atoms with van der Waals surface area (Å²) in [5.74, 6) is -3.67. The van der Waals surface area contributed by atoms with Gasteiger partial charge < -0.3 is 10.4 Å². The first-order valence-corrected chi connectivity index (χ1v) is 4.58. The topological polar surface area (TPSA) is 79.3 Å². The Morgan fingerprint density at radius 2 is 2.00 bits per heavy atom. The van der Waals surface area contributed by atoms with Crippen LogP contribution in [0.3, 0.4) is 0 Å². The number of carbonyl (C=O) groups excluding carboxylic acids is 1. The van der Waals surface area contributed by atoms with Crippen molar-refractivity contribution in [2.45, 2.75) is 13.1 Å². The molecule has 0 fully saturated rings. The number of anilines is 1. The Labute approximate surface area is 91.1 Å². The molecule has 0 aliphatic heterocycles. The second-order valence-corrected chi connectivity index (χ2v) is 3.50. The van der Waals surface area contributed by atoms with Crippen LogP contribution in [0, 0.1) is 6.92 Å². The van der Waals surface area contributed by atoms with Gasteiger partial charge in [0.2, 0.25) is 0 Å². The highest BCUT2D eigenvalue weighted by Crippen LogP contribution is 2.26. The van der Waals surface area contributed by atoms with Crippen LogP contribution < -0.4 is 5.32 Å². The molecule has 1 heterocycles. The molecule has 16 heavy (non-hydrogen) atoms. The molecule has 0 radical (unpaired) electrons. The lowest BCUT2D eigenvalue weighted by molar-refractivity contribution is -0.167. The molecule has 2 N–H and O–H groups in total. The largest absolute Gasteiger partial charge is 0.477 e. The van der Waals surface area contributed by atoms with Crippen LogP contribution >= 0.6 is 11.5 Å². The fourth-order valence-corrected chi connectivity index (χ4v) is 1.53. The Morgan fingerprint density at radius 1 is 1.44 bits per heavy atom. The number of rotatable bonds is 2. The lowest BCUT2D eigenvalue weighted by Gasteiger charge is -2.07. The third-order valence-corrected chi connectivity index (χ3v) is 2.48. The molecule has 0 atom stereocenters. The molecule has 5 nitrogen and oxygen atoms in total. The van der Waals surface area contributed by atoms with Crippen LogP contribution in [-0.2, 0) is 4.79 Å². The number of carbonyl (C=O) groups is 2. The predicted octanol–water partition coefficient (Wildman–Crippen LogP) is 1.65. The van der Waals surface area contributed by atoms with Crippen molar-refractivity contribution in [1.82, 2.24) is 4.37 Å². The Hall–Kier alpha value is -1.64. The molecule has 1 aromatic rings. The minimum atomic E-state index is -5.07. The zero-order chi connectivity index (χ0) is 12.5. The number of nitrogens with zero attached hydrogens (tertiary/aromatic N) is 1. The number of aromatic nitrogens is 1. The number of carboxylic acid groups (broad SMARTS) is 1. The van der Waals surface area contributed by atoms with Gasteiger partial charge in [-0.15, -0.1) is 0 Å². The van der Waals surface area contributed by atoms with E-state index in [4.69, 9.17) is 5.11 Å². The standard InChI is InChI=1S/C7H5F3N2O3S/c1-2-3(4(5(13)14)16-12-2)11-6(15)7(8,9)10/h1H3,(H,11,15)(H,13,14). The number of carboxylic acids is 1. The zero-order valence-corrected chi connectivity index (χ0v) is 8.57.